The molecule has 0 saturated carbocycles. The topological polar surface area (TPSA) is 81.0 Å². The molecule has 0 aliphatic carbocycles. The second-order valence-corrected chi connectivity index (χ2v) is 3.43. The summed E-state index contributed by atoms with van der Waals surface area (Å²) >= 11 is 0. The number of halogens is 1. The largest absolute Gasteiger partial charge is 0.373 e. The number of rotatable bonds is 3. The molecule has 0 unspecified atom stereocenters. The maximum absolute atomic E-state index is 13.6. The Morgan fingerprint density at radius 3 is 2.78 bits per heavy atom. The van der Waals surface area contributed by atoms with Gasteiger partial charge in [-0.25, -0.2) is 9.37 Å². The van der Waals surface area contributed by atoms with E-state index in [0.717, 1.165) is 6.20 Å². The fraction of sp³-hybridized carbons (Fsp3) is 0.0909. The van der Waals surface area contributed by atoms with Crippen LogP contribution in [-0.4, -0.2) is 21.9 Å². The zero-order valence-electron chi connectivity index (χ0n) is 9.42. The zero-order valence-corrected chi connectivity index (χ0v) is 9.42. The Labute approximate surface area is 102 Å². The highest BCUT2D eigenvalue weighted by atomic mass is 19.1. The lowest BCUT2D eigenvalue weighted by atomic mass is 10.1. The van der Waals surface area contributed by atoms with Gasteiger partial charge in [0.25, 0.3) is 5.69 Å². The fourth-order valence-corrected chi connectivity index (χ4v) is 1.50. The Morgan fingerprint density at radius 1 is 1.39 bits per heavy atom. The van der Waals surface area contributed by atoms with E-state index in [1.807, 2.05) is 0 Å². The molecule has 0 atom stereocenters. The summed E-state index contributed by atoms with van der Waals surface area (Å²) in [6.07, 6.45) is 2.35. The van der Waals surface area contributed by atoms with E-state index >= 15 is 0 Å². The molecule has 18 heavy (non-hydrogen) atoms. The molecule has 2 aromatic heterocycles. The van der Waals surface area contributed by atoms with Crippen molar-refractivity contribution in [3.05, 3.63) is 46.5 Å². The summed E-state index contributed by atoms with van der Waals surface area (Å²) in [6, 6.07) is 4.10. The molecule has 92 valence electrons. The van der Waals surface area contributed by atoms with Crippen molar-refractivity contribution in [3.63, 3.8) is 0 Å². The average molecular weight is 248 g/mol. The van der Waals surface area contributed by atoms with Crippen molar-refractivity contribution in [1.29, 1.82) is 0 Å². The van der Waals surface area contributed by atoms with Crippen LogP contribution >= 0.6 is 0 Å². The standard InChI is InChI=1S/C11H9FN4O2/c1-13-10-3-2-9(16(17)18)11(15-10)7-4-5-14-6-8(7)12/h2-6H,1H3,(H,13,15). The van der Waals surface area contributed by atoms with E-state index in [2.05, 4.69) is 15.3 Å². The maximum Gasteiger partial charge on any atom is 0.295 e. The minimum Gasteiger partial charge on any atom is -0.373 e. The molecule has 0 aliphatic rings. The van der Waals surface area contributed by atoms with Crippen molar-refractivity contribution < 1.29 is 9.31 Å². The van der Waals surface area contributed by atoms with Gasteiger partial charge in [-0.2, -0.15) is 0 Å². The third kappa shape index (κ3) is 2.10. The van der Waals surface area contributed by atoms with Crippen molar-refractivity contribution in [2.75, 3.05) is 12.4 Å². The van der Waals surface area contributed by atoms with E-state index in [1.54, 1.807) is 7.05 Å². The third-order valence-electron chi connectivity index (χ3n) is 2.35. The Balaban J connectivity index is 2.68. The number of pyridine rings is 2. The van der Waals surface area contributed by atoms with E-state index in [1.165, 1.54) is 24.4 Å². The van der Waals surface area contributed by atoms with Crippen LogP contribution < -0.4 is 5.32 Å². The zero-order chi connectivity index (χ0) is 13.1. The molecule has 0 fully saturated rings. The molecule has 0 aliphatic heterocycles. The molecule has 0 spiro atoms. The van der Waals surface area contributed by atoms with Crippen molar-refractivity contribution >= 4 is 11.5 Å². The lowest BCUT2D eigenvalue weighted by molar-refractivity contribution is -0.384. The van der Waals surface area contributed by atoms with Gasteiger partial charge in [-0.15, -0.1) is 0 Å². The first-order valence-corrected chi connectivity index (χ1v) is 5.06. The first kappa shape index (κ1) is 11.9. The highest BCUT2D eigenvalue weighted by Gasteiger charge is 2.20. The molecule has 0 radical (unpaired) electrons. The quantitative estimate of drug-likeness (QED) is 0.665. The van der Waals surface area contributed by atoms with Crippen LogP contribution in [0, 0.1) is 15.9 Å². The Bertz CT molecular complexity index is 603. The van der Waals surface area contributed by atoms with Crippen LogP contribution in [0.25, 0.3) is 11.3 Å². The Kier molecular flexibility index (Phi) is 3.13. The first-order chi connectivity index (χ1) is 8.63. The van der Waals surface area contributed by atoms with Crippen LogP contribution in [-0.2, 0) is 0 Å². The SMILES string of the molecule is CNc1ccc([N+](=O)[O-])c(-c2ccncc2F)n1. The van der Waals surface area contributed by atoms with Gasteiger partial charge >= 0.3 is 0 Å². The molecule has 0 aromatic carbocycles. The summed E-state index contributed by atoms with van der Waals surface area (Å²) < 4.78 is 13.6. The normalized spacial score (nSPS) is 10.1. The molecule has 2 rings (SSSR count). The van der Waals surface area contributed by atoms with E-state index in [9.17, 15) is 14.5 Å². The maximum atomic E-state index is 13.6. The molecule has 2 aromatic rings. The lowest BCUT2D eigenvalue weighted by Crippen LogP contribution is -2.00. The summed E-state index contributed by atoms with van der Waals surface area (Å²) in [6.45, 7) is 0. The summed E-state index contributed by atoms with van der Waals surface area (Å²) in [5, 5.41) is 13.7. The number of nitrogens with zero attached hydrogens (tertiary/aromatic N) is 3. The molecule has 1 N–H and O–H groups in total. The van der Waals surface area contributed by atoms with Gasteiger partial charge in [0.1, 0.15) is 5.82 Å². The molecule has 2 heterocycles. The minimum atomic E-state index is -0.652. The van der Waals surface area contributed by atoms with Gasteiger partial charge in [-0.1, -0.05) is 0 Å². The first-order valence-electron chi connectivity index (χ1n) is 5.06. The van der Waals surface area contributed by atoms with E-state index in [0.29, 0.717) is 5.82 Å². The van der Waals surface area contributed by atoms with Gasteiger partial charge in [0.2, 0.25) is 0 Å². The van der Waals surface area contributed by atoms with Crippen molar-refractivity contribution in [1.82, 2.24) is 9.97 Å². The molecular formula is C11H9FN4O2. The predicted molar refractivity (Wildman–Crippen MR) is 63.6 cm³/mol. The highest BCUT2D eigenvalue weighted by molar-refractivity contribution is 5.71. The van der Waals surface area contributed by atoms with Crippen molar-refractivity contribution in [2.45, 2.75) is 0 Å². The molecule has 0 saturated heterocycles. The number of hydrogen-bond acceptors (Lipinski definition) is 5. The molecule has 0 bridgehead atoms. The van der Waals surface area contributed by atoms with Gasteiger partial charge in [-0.05, 0) is 12.1 Å². The van der Waals surface area contributed by atoms with Crippen LogP contribution in [0.2, 0.25) is 0 Å². The third-order valence-corrected chi connectivity index (χ3v) is 2.35. The molecular weight excluding hydrogens is 239 g/mol. The number of nitro groups is 1. The fourth-order valence-electron chi connectivity index (χ4n) is 1.50. The smallest absolute Gasteiger partial charge is 0.295 e. The number of hydrogen-bond donors (Lipinski definition) is 1. The molecule has 6 nitrogen and oxygen atoms in total. The average Bonchev–Trinajstić information content (AvgIpc) is 2.38. The van der Waals surface area contributed by atoms with Crippen LogP contribution in [0.15, 0.2) is 30.6 Å². The van der Waals surface area contributed by atoms with E-state index in [-0.39, 0.29) is 16.9 Å². The van der Waals surface area contributed by atoms with Gasteiger partial charge in [0, 0.05) is 24.9 Å². The summed E-state index contributed by atoms with van der Waals surface area (Å²) in [7, 11) is 1.63. The van der Waals surface area contributed by atoms with Gasteiger partial charge in [-0.3, -0.25) is 15.1 Å². The van der Waals surface area contributed by atoms with Crippen LogP contribution in [0.4, 0.5) is 15.9 Å². The molecule has 7 heteroatoms. The summed E-state index contributed by atoms with van der Waals surface area (Å²) in [5.74, 6) is -0.229. The minimum absolute atomic E-state index is 0.0215. The van der Waals surface area contributed by atoms with Gasteiger partial charge in [0.05, 0.1) is 11.1 Å². The molecule has 0 amide bonds. The Morgan fingerprint density at radius 2 is 2.17 bits per heavy atom. The highest BCUT2D eigenvalue weighted by Crippen LogP contribution is 2.30. The predicted octanol–water partition coefficient (Wildman–Crippen LogP) is 2.23. The number of nitrogens with one attached hydrogen (secondary N) is 1. The van der Waals surface area contributed by atoms with E-state index < -0.39 is 10.7 Å². The second kappa shape index (κ2) is 4.74. The number of aromatic nitrogens is 2. The monoisotopic (exact) mass is 248 g/mol. The summed E-state index contributed by atoms with van der Waals surface area (Å²) in [4.78, 5) is 17.9. The van der Waals surface area contributed by atoms with Crippen molar-refractivity contribution in [3.8, 4) is 11.3 Å². The van der Waals surface area contributed by atoms with Gasteiger partial charge < -0.3 is 5.32 Å². The van der Waals surface area contributed by atoms with Gasteiger partial charge in [0.15, 0.2) is 11.5 Å². The van der Waals surface area contributed by atoms with Crippen LogP contribution in [0.1, 0.15) is 0 Å². The second-order valence-electron chi connectivity index (χ2n) is 3.43. The summed E-state index contributed by atoms with van der Waals surface area (Å²) in [5.41, 5.74) is -0.223. The van der Waals surface area contributed by atoms with Crippen LogP contribution in [0.5, 0.6) is 0 Å². The van der Waals surface area contributed by atoms with Crippen molar-refractivity contribution in [2.24, 2.45) is 0 Å². The number of anilines is 1. The van der Waals surface area contributed by atoms with Crippen LogP contribution in [0.3, 0.4) is 0 Å². The van der Waals surface area contributed by atoms with E-state index in [4.69, 9.17) is 0 Å². The Hall–Kier alpha value is -2.57. The lowest BCUT2D eigenvalue weighted by Gasteiger charge is -2.05.